The summed E-state index contributed by atoms with van der Waals surface area (Å²) in [5.41, 5.74) is 3.51. The van der Waals surface area contributed by atoms with Gasteiger partial charge in [-0.1, -0.05) is 30.3 Å². The Morgan fingerprint density at radius 1 is 1.18 bits per heavy atom. The molecule has 1 aromatic carbocycles. The number of likely N-dealkylation sites (tertiary alicyclic amines) is 1. The largest absolute Gasteiger partial charge is 0.352 e. The van der Waals surface area contributed by atoms with Gasteiger partial charge in [0.25, 0.3) is 0 Å². The number of hydrogen-bond acceptors (Lipinski definition) is 4. The number of amides is 1. The highest BCUT2D eigenvalue weighted by molar-refractivity contribution is 5.75. The summed E-state index contributed by atoms with van der Waals surface area (Å²) in [5.74, 6) is 1.71. The van der Waals surface area contributed by atoms with Crippen molar-refractivity contribution in [1.82, 2.24) is 25.3 Å². The predicted octanol–water partition coefficient (Wildman–Crippen LogP) is 3.88. The number of aromatic nitrogens is 2. The van der Waals surface area contributed by atoms with E-state index in [1.165, 1.54) is 50.9 Å². The van der Waals surface area contributed by atoms with Crippen LogP contribution in [0.5, 0.6) is 0 Å². The van der Waals surface area contributed by atoms with Crippen molar-refractivity contribution in [2.45, 2.75) is 77.0 Å². The maximum atomic E-state index is 12.5. The number of rotatable bonds is 8. The first-order chi connectivity index (χ1) is 16.2. The quantitative estimate of drug-likeness (QED) is 0.642. The number of aryl methyl sites for hydroxylation is 1. The molecule has 0 radical (unpaired) electrons. The molecular weight excluding hydrogens is 410 g/mol. The number of H-pyrrole nitrogens is 1. The van der Waals surface area contributed by atoms with Crippen molar-refractivity contribution in [3.63, 3.8) is 0 Å². The second kappa shape index (κ2) is 10.4. The fourth-order valence-electron chi connectivity index (χ4n) is 6.79. The van der Waals surface area contributed by atoms with E-state index in [1.54, 1.807) is 6.20 Å². The molecule has 3 aliphatic heterocycles. The molecule has 2 N–H and O–H groups in total. The molecule has 178 valence electrons. The topological polar surface area (TPSA) is 64.3 Å². The van der Waals surface area contributed by atoms with Gasteiger partial charge in [0, 0.05) is 49.4 Å². The molecule has 6 heteroatoms. The minimum atomic E-state index is 0.154. The molecule has 0 unspecified atom stereocenters. The molecule has 0 spiro atoms. The zero-order valence-electron chi connectivity index (χ0n) is 20.0. The molecular formula is C27H39N5O. The van der Waals surface area contributed by atoms with Crippen LogP contribution in [-0.4, -0.2) is 57.6 Å². The van der Waals surface area contributed by atoms with Crippen LogP contribution in [0.2, 0.25) is 0 Å². The highest BCUT2D eigenvalue weighted by Gasteiger charge is 2.48. The van der Waals surface area contributed by atoms with Gasteiger partial charge in [0.15, 0.2) is 0 Å². The van der Waals surface area contributed by atoms with Crippen molar-refractivity contribution >= 4 is 5.91 Å². The number of hydrogen-bond donors (Lipinski definition) is 2. The Morgan fingerprint density at radius 2 is 2.00 bits per heavy atom. The standard InChI is InChI=1S/C27H39N5O/c1-20-23(17-29-30-20)16-28-26(33)13-5-12-25-24-11-7-15-31-14-6-10-22(27(24)31)19-32(25)18-21-8-3-2-4-9-21/h2-4,8-9,17,22,24-25,27H,5-7,10-16,18-19H2,1H3,(H,28,33)(H,29,30)/t22-,24+,25+,27-/m0/s1. The maximum Gasteiger partial charge on any atom is 0.220 e. The fourth-order valence-corrected chi connectivity index (χ4v) is 6.79. The van der Waals surface area contributed by atoms with Crippen LogP contribution >= 0.6 is 0 Å². The Bertz CT molecular complexity index is 910. The summed E-state index contributed by atoms with van der Waals surface area (Å²) in [7, 11) is 0. The van der Waals surface area contributed by atoms with Gasteiger partial charge in [-0.3, -0.25) is 19.7 Å². The van der Waals surface area contributed by atoms with Gasteiger partial charge in [-0.05, 0) is 75.9 Å². The average molecular weight is 450 g/mol. The molecule has 3 saturated heterocycles. The van der Waals surface area contributed by atoms with Crippen molar-refractivity contribution in [2.24, 2.45) is 11.8 Å². The number of aromatic amines is 1. The van der Waals surface area contributed by atoms with Crippen LogP contribution in [0.15, 0.2) is 36.5 Å². The second-order valence-electron chi connectivity index (χ2n) is 10.4. The first kappa shape index (κ1) is 22.6. The third kappa shape index (κ3) is 5.17. The first-order valence-corrected chi connectivity index (χ1v) is 13.0. The third-order valence-electron chi connectivity index (χ3n) is 8.32. The number of carbonyl (C=O) groups excluding carboxylic acids is 1. The van der Waals surface area contributed by atoms with Crippen molar-refractivity contribution in [2.75, 3.05) is 19.6 Å². The van der Waals surface area contributed by atoms with Crippen LogP contribution in [-0.2, 0) is 17.9 Å². The molecule has 3 fully saturated rings. The summed E-state index contributed by atoms with van der Waals surface area (Å²) in [5, 5.41) is 10.1. The smallest absolute Gasteiger partial charge is 0.220 e. The van der Waals surface area contributed by atoms with Gasteiger partial charge < -0.3 is 5.32 Å². The third-order valence-corrected chi connectivity index (χ3v) is 8.32. The molecule has 6 nitrogen and oxygen atoms in total. The highest BCUT2D eigenvalue weighted by Crippen LogP contribution is 2.43. The van der Waals surface area contributed by atoms with Gasteiger partial charge >= 0.3 is 0 Å². The van der Waals surface area contributed by atoms with Gasteiger partial charge in [0.2, 0.25) is 5.91 Å². The van der Waals surface area contributed by atoms with E-state index < -0.39 is 0 Å². The Hall–Kier alpha value is -2.18. The maximum absolute atomic E-state index is 12.5. The monoisotopic (exact) mass is 449 g/mol. The summed E-state index contributed by atoms with van der Waals surface area (Å²) in [6.45, 7) is 7.38. The number of piperidine rings is 3. The molecule has 5 rings (SSSR count). The van der Waals surface area contributed by atoms with Crippen LogP contribution in [0.3, 0.4) is 0 Å². The van der Waals surface area contributed by atoms with Gasteiger partial charge in [-0.25, -0.2) is 0 Å². The molecule has 0 aliphatic carbocycles. The normalized spacial score (nSPS) is 27.8. The summed E-state index contributed by atoms with van der Waals surface area (Å²) >= 11 is 0. The molecule has 1 aromatic heterocycles. The fraction of sp³-hybridized carbons (Fsp3) is 0.630. The van der Waals surface area contributed by atoms with Crippen LogP contribution in [0.25, 0.3) is 0 Å². The van der Waals surface area contributed by atoms with E-state index in [0.717, 1.165) is 48.5 Å². The number of carbonyl (C=O) groups is 1. The Balaban J connectivity index is 1.23. The lowest BCUT2D eigenvalue weighted by Gasteiger charge is -2.57. The minimum absolute atomic E-state index is 0.154. The van der Waals surface area contributed by atoms with E-state index in [2.05, 4.69) is 55.6 Å². The lowest BCUT2D eigenvalue weighted by atomic mass is 9.69. The summed E-state index contributed by atoms with van der Waals surface area (Å²) in [6.07, 6.45) is 9.89. The number of nitrogens with one attached hydrogen (secondary N) is 2. The van der Waals surface area contributed by atoms with Crippen molar-refractivity contribution in [3.8, 4) is 0 Å². The first-order valence-electron chi connectivity index (χ1n) is 13.0. The average Bonchev–Trinajstić information content (AvgIpc) is 3.25. The van der Waals surface area contributed by atoms with Gasteiger partial charge in [-0.2, -0.15) is 5.10 Å². The lowest BCUT2D eigenvalue weighted by molar-refractivity contribution is -0.121. The Kier molecular flexibility index (Phi) is 7.12. The Labute approximate surface area is 198 Å². The van der Waals surface area contributed by atoms with Gasteiger partial charge in [-0.15, -0.1) is 0 Å². The van der Waals surface area contributed by atoms with Crippen LogP contribution < -0.4 is 5.32 Å². The number of nitrogens with zero attached hydrogens (tertiary/aromatic N) is 3. The zero-order valence-corrected chi connectivity index (χ0v) is 20.0. The van der Waals surface area contributed by atoms with E-state index in [0.29, 0.717) is 19.0 Å². The SMILES string of the molecule is Cc1[nH]ncc1CNC(=O)CCC[C@@H]1[C@H]2CCCN3CCC[C@@H](CN1Cc1ccccc1)[C@@H]23. The van der Waals surface area contributed by atoms with Crippen LogP contribution in [0.1, 0.15) is 61.8 Å². The highest BCUT2D eigenvalue weighted by atomic mass is 16.1. The Morgan fingerprint density at radius 3 is 2.79 bits per heavy atom. The molecule has 33 heavy (non-hydrogen) atoms. The summed E-state index contributed by atoms with van der Waals surface area (Å²) < 4.78 is 0. The molecule has 4 heterocycles. The minimum Gasteiger partial charge on any atom is -0.352 e. The van der Waals surface area contributed by atoms with Crippen molar-refractivity contribution in [3.05, 3.63) is 53.3 Å². The molecule has 2 aromatic rings. The van der Waals surface area contributed by atoms with Crippen LogP contribution in [0.4, 0.5) is 0 Å². The summed E-state index contributed by atoms with van der Waals surface area (Å²) in [4.78, 5) is 18.1. The molecule has 0 saturated carbocycles. The van der Waals surface area contributed by atoms with Crippen molar-refractivity contribution in [1.29, 1.82) is 0 Å². The van der Waals surface area contributed by atoms with Crippen LogP contribution in [0, 0.1) is 18.8 Å². The van der Waals surface area contributed by atoms with Gasteiger partial charge in [0.1, 0.15) is 0 Å². The predicted molar refractivity (Wildman–Crippen MR) is 130 cm³/mol. The molecule has 3 aliphatic rings. The summed E-state index contributed by atoms with van der Waals surface area (Å²) in [6, 6.07) is 12.3. The molecule has 1 amide bonds. The zero-order chi connectivity index (χ0) is 22.6. The van der Waals surface area contributed by atoms with E-state index in [1.807, 2.05) is 6.92 Å². The van der Waals surface area contributed by atoms with E-state index in [9.17, 15) is 4.79 Å². The van der Waals surface area contributed by atoms with E-state index in [-0.39, 0.29) is 5.91 Å². The second-order valence-corrected chi connectivity index (χ2v) is 10.4. The van der Waals surface area contributed by atoms with Gasteiger partial charge in [0.05, 0.1) is 6.20 Å². The molecule has 4 atom stereocenters. The van der Waals surface area contributed by atoms with E-state index in [4.69, 9.17) is 0 Å². The van der Waals surface area contributed by atoms with E-state index >= 15 is 0 Å². The van der Waals surface area contributed by atoms with Crippen molar-refractivity contribution < 1.29 is 4.79 Å². The number of benzene rings is 1. The lowest BCUT2D eigenvalue weighted by Crippen LogP contribution is -2.64. The molecule has 0 bridgehead atoms.